The molecule has 0 N–H and O–H groups in total. The molecule has 0 aromatic heterocycles. The molecule has 1 aromatic rings. The summed E-state index contributed by atoms with van der Waals surface area (Å²) in [6.07, 6.45) is 1.70. The molecule has 1 unspecified atom stereocenters. The van der Waals surface area contributed by atoms with E-state index in [-0.39, 0.29) is 5.54 Å². The van der Waals surface area contributed by atoms with Gasteiger partial charge < -0.3 is 9.64 Å². The van der Waals surface area contributed by atoms with Gasteiger partial charge in [0, 0.05) is 18.5 Å². The Morgan fingerprint density at radius 1 is 1.42 bits per heavy atom. The Balaban J connectivity index is 2.30. The number of anilines is 1. The number of rotatable bonds is 4. The second kappa shape index (κ2) is 5.52. The lowest BCUT2D eigenvalue weighted by Crippen LogP contribution is -2.42. The highest BCUT2D eigenvalue weighted by atomic mass is 16.5. The first-order chi connectivity index (χ1) is 9.11. The van der Waals surface area contributed by atoms with Crippen LogP contribution in [0.25, 0.3) is 0 Å². The Morgan fingerprint density at radius 3 is 2.84 bits per heavy atom. The summed E-state index contributed by atoms with van der Waals surface area (Å²) < 4.78 is 5.73. The minimum atomic E-state index is 0.00291. The Bertz CT molecular complexity index is 476. The first-order valence-corrected chi connectivity index (χ1v) is 6.97. The van der Waals surface area contributed by atoms with E-state index in [1.54, 1.807) is 0 Å². The van der Waals surface area contributed by atoms with Crippen LogP contribution in [0.2, 0.25) is 0 Å². The third kappa shape index (κ3) is 2.53. The number of ether oxygens (including phenoxy) is 1. The third-order valence-electron chi connectivity index (χ3n) is 4.19. The summed E-state index contributed by atoms with van der Waals surface area (Å²) in [5.74, 6) is 1.36. The lowest BCUT2D eigenvalue weighted by atomic mass is 9.86. The standard InChI is InChI=1S/C16H22N2O/c1-4-19-15-8-6-5-7-14(15)18-12-10-13(9-11-17)16(18,2)3/h5-8,13H,4,9-10,12H2,1-3H3. The highest BCUT2D eigenvalue weighted by molar-refractivity contribution is 5.61. The Morgan fingerprint density at radius 2 is 2.16 bits per heavy atom. The predicted octanol–water partition coefficient (Wildman–Crippen LogP) is 3.60. The molecule has 1 aliphatic heterocycles. The molecule has 1 atom stereocenters. The molecule has 19 heavy (non-hydrogen) atoms. The summed E-state index contributed by atoms with van der Waals surface area (Å²) in [5.41, 5.74) is 1.15. The fraction of sp³-hybridized carbons (Fsp3) is 0.562. The second-order valence-corrected chi connectivity index (χ2v) is 5.55. The van der Waals surface area contributed by atoms with E-state index in [2.05, 4.69) is 30.9 Å². The van der Waals surface area contributed by atoms with Crippen molar-refractivity contribution in [1.82, 2.24) is 0 Å². The van der Waals surface area contributed by atoms with Gasteiger partial charge in [-0.25, -0.2) is 0 Å². The summed E-state index contributed by atoms with van der Waals surface area (Å²) in [7, 11) is 0. The normalized spacial score (nSPS) is 21.2. The zero-order valence-corrected chi connectivity index (χ0v) is 12.0. The maximum atomic E-state index is 8.96. The van der Waals surface area contributed by atoms with Gasteiger partial charge in [0.25, 0.3) is 0 Å². The molecule has 0 aliphatic carbocycles. The maximum Gasteiger partial charge on any atom is 0.142 e. The molecule has 1 saturated heterocycles. The van der Waals surface area contributed by atoms with Crippen LogP contribution in [0, 0.1) is 17.2 Å². The van der Waals surface area contributed by atoms with Gasteiger partial charge in [-0.3, -0.25) is 0 Å². The smallest absolute Gasteiger partial charge is 0.142 e. The Kier molecular flexibility index (Phi) is 3.99. The van der Waals surface area contributed by atoms with Crippen LogP contribution in [0.4, 0.5) is 5.69 Å². The van der Waals surface area contributed by atoms with Gasteiger partial charge in [0.05, 0.1) is 18.4 Å². The lowest BCUT2D eigenvalue weighted by Gasteiger charge is -2.37. The number of nitrogens with zero attached hydrogens (tertiary/aromatic N) is 2. The average molecular weight is 258 g/mol. The van der Waals surface area contributed by atoms with E-state index in [1.165, 1.54) is 0 Å². The highest BCUT2D eigenvalue weighted by Gasteiger charge is 2.41. The SMILES string of the molecule is CCOc1ccccc1N1CCC(CC#N)C1(C)C. The summed E-state index contributed by atoms with van der Waals surface area (Å²) >= 11 is 0. The minimum absolute atomic E-state index is 0.00291. The third-order valence-corrected chi connectivity index (χ3v) is 4.19. The zero-order chi connectivity index (χ0) is 13.9. The number of nitriles is 1. The van der Waals surface area contributed by atoms with Crippen LogP contribution in [0.1, 0.15) is 33.6 Å². The molecule has 0 saturated carbocycles. The molecule has 0 amide bonds. The fourth-order valence-electron chi connectivity index (χ4n) is 3.00. The highest BCUT2D eigenvalue weighted by Crippen LogP contribution is 2.43. The maximum absolute atomic E-state index is 8.96. The monoisotopic (exact) mass is 258 g/mol. The van der Waals surface area contributed by atoms with E-state index < -0.39 is 0 Å². The summed E-state index contributed by atoms with van der Waals surface area (Å²) in [6.45, 7) is 8.12. The van der Waals surface area contributed by atoms with Gasteiger partial charge in [0.1, 0.15) is 5.75 Å². The van der Waals surface area contributed by atoms with E-state index in [1.807, 2.05) is 25.1 Å². The zero-order valence-electron chi connectivity index (χ0n) is 12.0. The number of hydrogen-bond donors (Lipinski definition) is 0. The average Bonchev–Trinajstić information content (AvgIpc) is 2.67. The van der Waals surface area contributed by atoms with Gasteiger partial charge >= 0.3 is 0 Å². The molecule has 0 bridgehead atoms. The van der Waals surface area contributed by atoms with Crippen molar-refractivity contribution in [2.45, 2.75) is 39.2 Å². The fourth-order valence-corrected chi connectivity index (χ4v) is 3.00. The molecule has 0 radical (unpaired) electrons. The van der Waals surface area contributed by atoms with Gasteiger partial charge in [-0.1, -0.05) is 12.1 Å². The molecule has 102 valence electrons. The molecule has 3 nitrogen and oxygen atoms in total. The summed E-state index contributed by atoms with van der Waals surface area (Å²) in [4.78, 5) is 2.39. The number of hydrogen-bond acceptors (Lipinski definition) is 3. The number of para-hydroxylation sites is 2. The molecule has 1 aromatic carbocycles. The molecule has 0 spiro atoms. The molecule has 3 heteroatoms. The van der Waals surface area contributed by atoms with Crippen molar-refractivity contribution < 1.29 is 4.74 Å². The topological polar surface area (TPSA) is 36.3 Å². The van der Waals surface area contributed by atoms with Crippen LogP contribution >= 0.6 is 0 Å². The van der Waals surface area contributed by atoms with Gasteiger partial charge in [-0.05, 0) is 45.2 Å². The lowest BCUT2D eigenvalue weighted by molar-refractivity contribution is 0.333. The quantitative estimate of drug-likeness (QED) is 0.827. The van der Waals surface area contributed by atoms with Crippen LogP contribution in [-0.2, 0) is 0 Å². The van der Waals surface area contributed by atoms with E-state index in [4.69, 9.17) is 10.00 Å². The largest absolute Gasteiger partial charge is 0.492 e. The van der Waals surface area contributed by atoms with Crippen LogP contribution < -0.4 is 9.64 Å². The van der Waals surface area contributed by atoms with Gasteiger partial charge in [0.2, 0.25) is 0 Å². The molecular formula is C16H22N2O. The first-order valence-electron chi connectivity index (χ1n) is 6.97. The van der Waals surface area contributed by atoms with Crippen molar-refractivity contribution in [3.8, 4) is 11.8 Å². The van der Waals surface area contributed by atoms with Crippen molar-refractivity contribution in [3.63, 3.8) is 0 Å². The molecule has 1 fully saturated rings. The predicted molar refractivity (Wildman–Crippen MR) is 77.4 cm³/mol. The van der Waals surface area contributed by atoms with Crippen molar-refractivity contribution in [3.05, 3.63) is 24.3 Å². The van der Waals surface area contributed by atoms with Gasteiger partial charge in [-0.15, -0.1) is 0 Å². The van der Waals surface area contributed by atoms with E-state index in [0.29, 0.717) is 18.9 Å². The van der Waals surface area contributed by atoms with Crippen molar-refractivity contribution in [1.29, 1.82) is 5.26 Å². The van der Waals surface area contributed by atoms with E-state index in [0.717, 1.165) is 24.4 Å². The van der Waals surface area contributed by atoms with Gasteiger partial charge in [-0.2, -0.15) is 5.26 Å². The first kappa shape index (κ1) is 13.7. The van der Waals surface area contributed by atoms with Crippen LogP contribution in [0.3, 0.4) is 0 Å². The summed E-state index contributed by atoms with van der Waals surface area (Å²) in [6, 6.07) is 10.5. The van der Waals surface area contributed by atoms with Crippen LogP contribution in [-0.4, -0.2) is 18.7 Å². The molecule has 2 rings (SSSR count). The molecule has 1 aliphatic rings. The van der Waals surface area contributed by atoms with Gasteiger partial charge in [0.15, 0.2) is 0 Å². The van der Waals surface area contributed by atoms with E-state index in [9.17, 15) is 0 Å². The van der Waals surface area contributed by atoms with Crippen LogP contribution in [0.5, 0.6) is 5.75 Å². The van der Waals surface area contributed by atoms with Crippen LogP contribution in [0.15, 0.2) is 24.3 Å². The molecule has 1 heterocycles. The van der Waals surface area contributed by atoms with Crippen molar-refractivity contribution in [2.75, 3.05) is 18.1 Å². The van der Waals surface area contributed by atoms with E-state index >= 15 is 0 Å². The minimum Gasteiger partial charge on any atom is -0.492 e. The summed E-state index contributed by atoms with van der Waals surface area (Å²) in [5, 5.41) is 8.96. The van der Waals surface area contributed by atoms with Crippen molar-refractivity contribution in [2.24, 2.45) is 5.92 Å². The Hall–Kier alpha value is -1.69. The Labute approximate surface area is 115 Å². The second-order valence-electron chi connectivity index (χ2n) is 5.55. The number of benzene rings is 1. The van der Waals surface area contributed by atoms with Crippen molar-refractivity contribution >= 4 is 5.69 Å². The molecular weight excluding hydrogens is 236 g/mol.